The van der Waals surface area contributed by atoms with E-state index in [1.165, 1.54) is 4.57 Å². The van der Waals surface area contributed by atoms with Crippen LogP contribution in [0, 0.1) is 0 Å². The van der Waals surface area contributed by atoms with Gasteiger partial charge in [-0.2, -0.15) is 9.38 Å². The van der Waals surface area contributed by atoms with Gasteiger partial charge in [0.1, 0.15) is 6.54 Å². The summed E-state index contributed by atoms with van der Waals surface area (Å²) in [7, 11) is 0. The third kappa shape index (κ3) is 1.01. The fraction of sp³-hybridized carbons (Fsp3) is 0.143. The number of fused-ring (bicyclic) bond motifs is 7. The predicted octanol–water partition coefficient (Wildman–Crippen LogP) is 0.932. The van der Waals surface area contributed by atoms with Crippen LogP contribution in [0.25, 0.3) is 28.5 Å². The smallest absolute Gasteiger partial charge is 0.257 e. The highest BCUT2D eigenvalue weighted by molar-refractivity contribution is 5.75. The monoisotopic (exact) mass is 266 g/mol. The largest absolute Gasteiger partial charge is 0.299 e. The minimum atomic E-state index is -2.34. The Morgan fingerprint density at radius 2 is 2.25 bits per heavy atom. The first-order valence-corrected chi connectivity index (χ1v) is 6.28. The first kappa shape index (κ1) is 7.74. The average Bonchev–Trinajstić information content (AvgIpc) is 3.12. The Balaban J connectivity index is 2.01. The molecule has 5 heterocycles. The van der Waals surface area contributed by atoms with Crippen LogP contribution in [0.1, 0.15) is 9.81 Å². The van der Waals surface area contributed by atoms with Crippen molar-refractivity contribution in [3.8, 4) is 11.4 Å². The number of aromatic nitrogens is 6. The Bertz CT molecular complexity index is 1090. The fourth-order valence-corrected chi connectivity index (χ4v) is 2.92. The van der Waals surface area contributed by atoms with Crippen LogP contribution in [0.2, 0.25) is 0 Å². The van der Waals surface area contributed by atoms with Crippen molar-refractivity contribution in [1.29, 1.82) is 0 Å². The molecule has 96 valence electrons. The zero-order valence-electron chi connectivity index (χ0n) is 13.4. The molecule has 4 aromatic heterocycles. The number of pyridine rings is 1. The molecule has 1 aliphatic heterocycles. The number of hydrogen-bond acceptors (Lipinski definition) is 3. The van der Waals surface area contributed by atoms with Gasteiger partial charge < -0.3 is 0 Å². The topological polar surface area (TPSA) is 51.9 Å². The van der Waals surface area contributed by atoms with Gasteiger partial charge in [0.2, 0.25) is 5.82 Å². The van der Waals surface area contributed by atoms with E-state index < -0.39 is 6.98 Å². The number of aryl methyl sites for hydroxylation is 1. The van der Waals surface area contributed by atoms with E-state index in [2.05, 4.69) is 15.0 Å². The van der Waals surface area contributed by atoms with Crippen LogP contribution in [-0.4, -0.2) is 23.9 Å². The van der Waals surface area contributed by atoms with Crippen LogP contribution in [0.5, 0.6) is 0 Å². The third-order valence-electron chi connectivity index (χ3n) is 3.73. The van der Waals surface area contributed by atoms with Gasteiger partial charge in [-0.25, -0.2) is 14.1 Å². The van der Waals surface area contributed by atoms with Crippen LogP contribution >= 0.6 is 0 Å². The van der Waals surface area contributed by atoms with Crippen molar-refractivity contribution in [3.05, 3.63) is 42.5 Å². The van der Waals surface area contributed by atoms with Crippen molar-refractivity contribution >= 4 is 17.1 Å². The summed E-state index contributed by atoms with van der Waals surface area (Å²) in [6.07, 6.45) is 5.20. The molecule has 6 heteroatoms. The van der Waals surface area contributed by atoms with Crippen molar-refractivity contribution in [2.24, 2.45) is 6.98 Å². The lowest BCUT2D eigenvalue weighted by molar-refractivity contribution is -0.648. The lowest BCUT2D eigenvalue weighted by atomic mass is 10.2. The number of imidazole rings is 2. The molecule has 4 aromatic rings. The van der Waals surface area contributed by atoms with Crippen molar-refractivity contribution in [2.45, 2.75) is 6.54 Å². The van der Waals surface area contributed by atoms with Crippen LogP contribution in [0.4, 0.5) is 0 Å². The highest BCUT2D eigenvalue weighted by atomic mass is 15.3. The molecule has 0 atom stereocenters. The van der Waals surface area contributed by atoms with E-state index in [0.29, 0.717) is 23.8 Å². The van der Waals surface area contributed by atoms with E-state index in [9.17, 15) is 0 Å². The predicted molar refractivity (Wildman–Crippen MR) is 72.0 cm³/mol. The quantitative estimate of drug-likeness (QED) is 0.392. The number of rotatable bonds is 0. The first-order chi connectivity index (χ1) is 11.1. The normalized spacial score (nSPS) is 15.9. The van der Waals surface area contributed by atoms with Crippen LogP contribution in [-0.2, 0) is 13.5 Å². The van der Waals surface area contributed by atoms with Crippen LogP contribution in [0.3, 0.4) is 0 Å². The molecule has 0 aromatic carbocycles. The zero-order valence-corrected chi connectivity index (χ0v) is 10.4. The molecule has 0 N–H and O–H groups in total. The van der Waals surface area contributed by atoms with Gasteiger partial charge in [0, 0.05) is 12.4 Å². The fourth-order valence-electron chi connectivity index (χ4n) is 2.92. The summed E-state index contributed by atoms with van der Waals surface area (Å²) >= 11 is 0. The second kappa shape index (κ2) is 3.22. The average molecular weight is 266 g/mol. The van der Waals surface area contributed by atoms with E-state index >= 15 is 0 Å². The molecule has 6 nitrogen and oxygen atoms in total. The molecule has 0 spiro atoms. The van der Waals surface area contributed by atoms with Crippen LogP contribution in [0.15, 0.2) is 36.8 Å². The summed E-state index contributed by atoms with van der Waals surface area (Å²) in [6.45, 7) is -1.82. The first-order valence-electron chi connectivity index (χ1n) is 7.78. The number of nitrogens with zero attached hydrogens (tertiary/aromatic N) is 6. The van der Waals surface area contributed by atoms with Gasteiger partial charge in [0.15, 0.2) is 0 Å². The van der Waals surface area contributed by atoms with E-state index in [1.807, 2.05) is 27.3 Å². The minimum Gasteiger partial charge on any atom is -0.257 e. The second-order valence-corrected chi connectivity index (χ2v) is 4.79. The van der Waals surface area contributed by atoms with E-state index in [0.717, 1.165) is 16.9 Å². The summed E-state index contributed by atoms with van der Waals surface area (Å²) in [5.74, 6) is 1.10. The second-order valence-electron chi connectivity index (χ2n) is 4.79. The summed E-state index contributed by atoms with van der Waals surface area (Å²) in [6, 6.07) is 5.51. The maximum atomic E-state index is 7.95. The molecule has 0 unspecified atom stereocenters. The highest BCUT2D eigenvalue weighted by Crippen LogP contribution is 2.29. The van der Waals surface area contributed by atoms with Crippen molar-refractivity contribution in [3.63, 3.8) is 0 Å². The van der Waals surface area contributed by atoms with E-state index in [1.54, 1.807) is 18.5 Å². The molecule has 0 bridgehead atoms. The van der Waals surface area contributed by atoms with Gasteiger partial charge in [-0.3, -0.25) is 4.98 Å². The molecular formula is C14H11N6+. The van der Waals surface area contributed by atoms with Gasteiger partial charge in [0.05, 0.1) is 28.5 Å². The molecule has 0 amide bonds. The number of hydrogen-bond donors (Lipinski definition) is 0. The van der Waals surface area contributed by atoms with Crippen molar-refractivity contribution in [1.82, 2.24) is 23.9 Å². The molecule has 0 saturated carbocycles. The Morgan fingerprint density at radius 1 is 1.30 bits per heavy atom. The summed E-state index contributed by atoms with van der Waals surface area (Å²) in [5, 5.41) is 0. The Hall–Kier alpha value is -2.76. The third-order valence-corrected chi connectivity index (χ3v) is 3.73. The summed E-state index contributed by atoms with van der Waals surface area (Å²) in [4.78, 5) is 13.0. The molecule has 0 fully saturated rings. The molecular weight excluding hydrogens is 252 g/mol. The molecule has 0 saturated heterocycles. The Labute approximate surface area is 118 Å². The standard InChI is InChI=1S/C14H11N6/c1-18-11-13(19-7-3-6-16-14(19)17-11)20-8-10-9(12(18)20)4-2-5-15-10/h2-7H,8H2,1H3/q+1/i1D3. The minimum absolute atomic E-state index is 0.410. The van der Waals surface area contributed by atoms with Crippen molar-refractivity contribution < 1.29 is 8.68 Å². The Morgan fingerprint density at radius 3 is 3.20 bits per heavy atom. The zero-order chi connectivity index (χ0) is 15.8. The van der Waals surface area contributed by atoms with Crippen LogP contribution < -0.4 is 4.57 Å². The lowest BCUT2D eigenvalue weighted by Crippen LogP contribution is -2.32. The maximum absolute atomic E-state index is 7.95. The van der Waals surface area contributed by atoms with Gasteiger partial charge in [0.25, 0.3) is 17.1 Å². The van der Waals surface area contributed by atoms with Gasteiger partial charge in [-0.1, -0.05) is 0 Å². The lowest BCUT2D eigenvalue weighted by Gasteiger charge is -1.94. The summed E-state index contributed by atoms with van der Waals surface area (Å²) < 4.78 is 28.9. The molecule has 5 rings (SSSR count). The molecule has 0 aliphatic carbocycles. The van der Waals surface area contributed by atoms with Gasteiger partial charge in [-0.05, 0) is 18.2 Å². The highest BCUT2D eigenvalue weighted by Gasteiger charge is 2.34. The van der Waals surface area contributed by atoms with Gasteiger partial charge >= 0.3 is 0 Å². The SMILES string of the molecule is [2H]C([2H])([2H])n1c2[n+](c3c1nc1ncccn13)Cc1ncccc1-2. The van der Waals surface area contributed by atoms with E-state index in [4.69, 9.17) is 4.11 Å². The summed E-state index contributed by atoms with van der Waals surface area (Å²) in [5.41, 5.74) is 2.82. The van der Waals surface area contributed by atoms with E-state index in [-0.39, 0.29) is 0 Å². The Kier molecular flexibility index (Phi) is 1.24. The molecule has 0 radical (unpaired) electrons. The molecule has 20 heavy (non-hydrogen) atoms. The van der Waals surface area contributed by atoms with Crippen molar-refractivity contribution in [2.75, 3.05) is 0 Å². The maximum Gasteiger partial charge on any atom is 0.299 e. The van der Waals surface area contributed by atoms with Gasteiger partial charge in [-0.15, -0.1) is 0 Å². The molecule has 1 aliphatic rings.